The Hall–Kier alpha value is -4.05. The number of nitro groups is 1. The summed E-state index contributed by atoms with van der Waals surface area (Å²) >= 11 is 1.31. The molecule has 0 fully saturated rings. The van der Waals surface area contributed by atoms with E-state index in [0.717, 1.165) is 4.90 Å². The number of carbonyl (C=O) groups excluding carboxylic acids is 2. The molecule has 2 N–H and O–H groups in total. The molecule has 1 aliphatic rings. The van der Waals surface area contributed by atoms with Gasteiger partial charge in [0.15, 0.2) is 11.5 Å². The fourth-order valence-corrected chi connectivity index (χ4v) is 3.85. The standard InChI is InChI=1S/C23H19N3O6S/c27-22(24-17-7-8-20-21(13-17)32-10-9-31-20)14-33-19-6-2-4-16(12-19)25-23(28)15-3-1-5-18(11-15)26(29)30/h1-8,11-13H,9-10,14H2,(H,24,27)(H,25,28). The monoisotopic (exact) mass is 465 g/mol. The van der Waals surface area contributed by atoms with Crippen molar-refractivity contribution in [1.29, 1.82) is 0 Å². The number of hydrogen-bond acceptors (Lipinski definition) is 7. The number of nitrogens with one attached hydrogen (secondary N) is 2. The number of carbonyl (C=O) groups is 2. The van der Waals surface area contributed by atoms with Crippen molar-refractivity contribution in [3.8, 4) is 11.5 Å². The molecular formula is C23H19N3O6S. The number of anilines is 2. The number of ether oxygens (including phenoxy) is 2. The zero-order chi connectivity index (χ0) is 23.2. The molecule has 0 saturated heterocycles. The lowest BCUT2D eigenvalue weighted by Crippen LogP contribution is -2.17. The third-order valence-corrected chi connectivity index (χ3v) is 5.60. The van der Waals surface area contributed by atoms with Crippen molar-refractivity contribution in [3.05, 3.63) is 82.4 Å². The van der Waals surface area contributed by atoms with Crippen molar-refractivity contribution in [3.63, 3.8) is 0 Å². The molecule has 0 spiro atoms. The molecule has 0 bridgehead atoms. The molecule has 168 valence electrons. The second kappa shape index (κ2) is 10.0. The van der Waals surface area contributed by atoms with Crippen LogP contribution in [0.3, 0.4) is 0 Å². The largest absolute Gasteiger partial charge is 0.486 e. The summed E-state index contributed by atoms with van der Waals surface area (Å²) in [6.45, 7) is 0.967. The third-order valence-electron chi connectivity index (χ3n) is 4.61. The first kappa shape index (κ1) is 22.2. The van der Waals surface area contributed by atoms with Gasteiger partial charge in [0.2, 0.25) is 5.91 Å². The molecular weight excluding hydrogens is 446 g/mol. The van der Waals surface area contributed by atoms with Gasteiger partial charge in [-0.05, 0) is 36.4 Å². The first-order valence-corrected chi connectivity index (χ1v) is 10.9. The summed E-state index contributed by atoms with van der Waals surface area (Å²) < 4.78 is 11.0. The number of nitrogens with zero attached hydrogens (tertiary/aromatic N) is 1. The van der Waals surface area contributed by atoms with Crippen LogP contribution < -0.4 is 20.1 Å². The number of nitro benzene ring substituents is 1. The van der Waals surface area contributed by atoms with Gasteiger partial charge in [0.1, 0.15) is 13.2 Å². The van der Waals surface area contributed by atoms with E-state index in [0.29, 0.717) is 36.1 Å². The lowest BCUT2D eigenvalue weighted by molar-refractivity contribution is -0.384. The Kier molecular flexibility index (Phi) is 6.75. The fourth-order valence-electron chi connectivity index (χ4n) is 3.09. The van der Waals surface area contributed by atoms with Crippen molar-refractivity contribution in [2.75, 3.05) is 29.6 Å². The minimum absolute atomic E-state index is 0.156. The maximum Gasteiger partial charge on any atom is 0.270 e. The highest BCUT2D eigenvalue weighted by atomic mass is 32.2. The summed E-state index contributed by atoms with van der Waals surface area (Å²) in [6, 6.07) is 17.7. The van der Waals surface area contributed by atoms with Gasteiger partial charge in [-0.3, -0.25) is 19.7 Å². The van der Waals surface area contributed by atoms with E-state index in [4.69, 9.17) is 9.47 Å². The number of hydrogen-bond donors (Lipinski definition) is 2. The van der Waals surface area contributed by atoms with Crippen LogP contribution in [0.15, 0.2) is 71.6 Å². The topological polar surface area (TPSA) is 120 Å². The zero-order valence-electron chi connectivity index (χ0n) is 17.3. The first-order chi connectivity index (χ1) is 16.0. The molecule has 2 amide bonds. The number of rotatable bonds is 7. The molecule has 3 aromatic carbocycles. The van der Waals surface area contributed by atoms with Crippen LogP contribution in [0.1, 0.15) is 10.4 Å². The molecule has 0 atom stereocenters. The average molecular weight is 465 g/mol. The van der Waals surface area contributed by atoms with E-state index in [-0.39, 0.29) is 22.9 Å². The number of fused-ring (bicyclic) bond motifs is 1. The van der Waals surface area contributed by atoms with Crippen LogP contribution in [-0.4, -0.2) is 35.7 Å². The Morgan fingerprint density at radius 2 is 1.67 bits per heavy atom. The second-order valence-corrected chi connectivity index (χ2v) is 8.03. The summed E-state index contributed by atoms with van der Waals surface area (Å²) in [7, 11) is 0. The molecule has 0 unspecified atom stereocenters. The van der Waals surface area contributed by atoms with Crippen molar-refractivity contribution in [1.82, 2.24) is 0 Å². The van der Waals surface area contributed by atoms with E-state index in [1.54, 1.807) is 36.4 Å². The highest BCUT2D eigenvalue weighted by molar-refractivity contribution is 8.00. The van der Waals surface area contributed by atoms with Crippen LogP contribution in [0.5, 0.6) is 11.5 Å². The van der Waals surface area contributed by atoms with Crippen molar-refractivity contribution in [2.24, 2.45) is 0 Å². The fraction of sp³-hybridized carbons (Fsp3) is 0.130. The van der Waals surface area contributed by atoms with Crippen LogP contribution in [0.4, 0.5) is 17.1 Å². The lowest BCUT2D eigenvalue weighted by atomic mass is 10.2. The van der Waals surface area contributed by atoms with Crippen molar-refractivity contribution >= 4 is 40.6 Å². The maximum atomic E-state index is 12.4. The van der Waals surface area contributed by atoms with Crippen LogP contribution in [0, 0.1) is 10.1 Å². The van der Waals surface area contributed by atoms with Gasteiger partial charge in [-0.15, -0.1) is 11.8 Å². The molecule has 0 aliphatic carbocycles. The normalized spacial score (nSPS) is 12.0. The molecule has 0 radical (unpaired) electrons. The molecule has 4 rings (SSSR count). The van der Waals surface area contributed by atoms with Crippen molar-refractivity contribution in [2.45, 2.75) is 4.90 Å². The quantitative estimate of drug-likeness (QED) is 0.302. The molecule has 1 aliphatic heterocycles. The van der Waals surface area contributed by atoms with E-state index in [1.807, 2.05) is 6.07 Å². The van der Waals surface area contributed by atoms with Gasteiger partial charge < -0.3 is 20.1 Å². The summed E-state index contributed by atoms with van der Waals surface area (Å²) in [6.07, 6.45) is 0. The minimum atomic E-state index is -0.552. The van der Waals surface area contributed by atoms with Gasteiger partial charge in [-0.1, -0.05) is 12.1 Å². The van der Waals surface area contributed by atoms with E-state index < -0.39 is 10.8 Å². The first-order valence-electron chi connectivity index (χ1n) is 9.96. The van der Waals surface area contributed by atoms with Crippen LogP contribution in [0.2, 0.25) is 0 Å². The van der Waals surface area contributed by atoms with Gasteiger partial charge in [0.25, 0.3) is 11.6 Å². The van der Waals surface area contributed by atoms with E-state index in [1.165, 1.54) is 36.0 Å². The summed E-state index contributed by atoms with van der Waals surface area (Å²) in [5, 5.41) is 16.5. The predicted octanol–water partition coefficient (Wildman–Crippen LogP) is 4.35. The highest BCUT2D eigenvalue weighted by Crippen LogP contribution is 2.32. The molecule has 3 aromatic rings. The Balaban J connectivity index is 1.33. The zero-order valence-corrected chi connectivity index (χ0v) is 18.1. The molecule has 9 nitrogen and oxygen atoms in total. The Morgan fingerprint density at radius 3 is 2.48 bits per heavy atom. The lowest BCUT2D eigenvalue weighted by Gasteiger charge is -2.19. The van der Waals surface area contributed by atoms with Gasteiger partial charge in [-0.25, -0.2) is 0 Å². The third kappa shape index (κ3) is 5.80. The SMILES string of the molecule is O=C(CSc1cccc(NC(=O)c2cccc([N+](=O)[O-])c2)c1)Nc1ccc2c(c1)OCCO2. The molecule has 0 aromatic heterocycles. The summed E-state index contributed by atoms with van der Waals surface area (Å²) in [5.74, 6) is 0.757. The van der Waals surface area contributed by atoms with E-state index in [2.05, 4.69) is 10.6 Å². The number of benzene rings is 3. The van der Waals surface area contributed by atoms with Crippen LogP contribution in [0.25, 0.3) is 0 Å². The number of thioether (sulfide) groups is 1. The average Bonchev–Trinajstić information content (AvgIpc) is 2.83. The van der Waals surface area contributed by atoms with E-state index >= 15 is 0 Å². The van der Waals surface area contributed by atoms with Gasteiger partial charge in [0.05, 0.1) is 10.7 Å². The van der Waals surface area contributed by atoms with Crippen LogP contribution >= 0.6 is 11.8 Å². The Bertz CT molecular complexity index is 1220. The number of non-ortho nitro benzene ring substituents is 1. The Labute approximate surface area is 193 Å². The smallest absolute Gasteiger partial charge is 0.270 e. The number of amides is 2. The molecule has 0 saturated carbocycles. The highest BCUT2D eigenvalue weighted by Gasteiger charge is 2.14. The maximum absolute atomic E-state index is 12.4. The van der Waals surface area contributed by atoms with Gasteiger partial charge in [0, 0.05) is 40.0 Å². The van der Waals surface area contributed by atoms with Crippen LogP contribution in [-0.2, 0) is 4.79 Å². The molecule has 10 heteroatoms. The molecule has 1 heterocycles. The predicted molar refractivity (Wildman–Crippen MR) is 124 cm³/mol. The van der Waals surface area contributed by atoms with Gasteiger partial charge in [-0.2, -0.15) is 0 Å². The summed E-state index contributed by atoms with van der Waals surface area (Å²) in [4.78, 5) is 35.9. The Morgan fingerprint density at radius 1 is 0.909 bits per heavy atom. The van der Waals surface area contributed by atoms with Gasteiger partial charge >= 0.3 is 0 Å². The van der Waals surface area contributed by atoms with Crippen molar-refractivity contribution < 1.29 is 24.0 Å². The minimum Gasteiger partial charge on any atom is -0.486 e. The molecule has 33 heavy (non-hydrogen) atoms. The van der Waals surface area contributed by atoms with E-state index in [9.17, 15) is 19.7 Å². The summed E-state index contributed by atoms with van der Waals surface area (Å²) in [5.41, 5.74) is 1.16. The second-order valence-electron chi connectivity index (χ2n) is 6.98.